The van der Waals surface area contributed by atoms with E-state index in [2.05, 4.69) is 6.92 Å². The number of hydrogen-bond acceptors (Lipinski definition) is 6. The number of aromatic hydroxyl groups is 1. The summed E-state index contributed by atoms with van der Waals surface area (Å²) >= 11 is 0. The van der Waals surface area contributed by atoms with Crippen LogP contribution >= 0.6 is 0 Å². The van der Waals surface area contributed by atoms with Crippen LogP contribution in [-0.2, 0) is 0 Å². The lowest BCUT2D eigenvalue weighted by Gasteiger charge is -2.13. The van der Waals surface area contributed by atoms with E-state index in [1.54, 1.807) is 36.4 Å². The van der Waals surface area contributed by atoms with Crippen LogP contribution in [-0.4, -0.2) is 23.7 Å². The van der Waals surface area contributed by atoms with Crippen molar-refractivity contribution in [3.63, 3.8) is 0 Å². The molecule has 6 nitrogen and oxygen atoms in total. The van der Waals surface area contributed by atoms with Gasteiger partial charge < -0.3 is 19.3 Å². The summed E-state index contributed by atoms with van der Waals surface area (Å²) in [5.74, 6) is -0.240. The summed E-state index contributed by atoms with van der Waals surface area (Å²) in [6.45, 7) is 2.80. The van der Waals surface area contributed by atoms with Gasteiger partial charge in [-0.25, -0.2) is 9.59 Å². The Morgan fingerprint density at radius 2 is 1.22 bits per heavy atom. The zero-order valence-electron chi connectivity index (χ0n) is 20.1. The molecule has 0 unspecified atom stereocenters. The van der Waals surface area contributed by atoms with Gasteiger partial charge >= 0.3 is 11.9 Å². The minimum Gasteiger partial charge on any atom is -0.508 e. The molecule has 4 aromatic rings. The zero-order chi connectivity index (χ0) is 25.3. The number of unbranched alkanes of at least 4 members (excludes halogenated alkanes) is 3. The fraction of sp³-hybridized carbons (Fsp3) is 0.200. The third-order valence-electron chi connectivity index (χ3n) is 5.68. The Bertz CT molecular complexity index is 1330. The second kappa shape index (κ2) is 11.9. The van der Waals surface area contributed by atoms with Gasteiger partial charge in [0.15, 0.2) is 11.5 Å². The van der Waals surface area contributed by atoms with Gasteiger partial charge in [-0.15, -0.1) is 0 Å². The molecule has 36 heavy (non-hydrogen) atoms. The Kier molecular flexibility index (Phi) is 8.19. The van der Waals surface area contributed by atoms with Gasteiger partial charge in [0.25, 0.3) is 0 Å². The van der Waals surface area contributed by atoms with Gasteiger partial charge in [-0.3, -0.25) is 0 Å². The number of benzene rings is 4. The highest BCUT2D eigenvalue weighted by Crippen LogP contribution is 2.34. The molecule has 1 N–H and O–H groups in total. The molecule has 0 saturated heterocycles. The quantitative estimate of drug-likeness (QED) is 0.149. The number of carbonyl (C=O) groups excluding carboxylic acids is 2. The van der Waals surface area contributed by atoms with Crippen molar-refractivity contribution in [1.82, 2.24) is 0 Å². The smallest absolute Gasteiger partial charge is 0.343 e. The SMILES string of the molecule is CCCCCCOc1ccc(C(=O)Oc2cc3ccccc3cc2OC(=O)c2ccc(O)cc2)cc1. The lowest BCUT2D eigenvalue weighted by molar-refractivity contribution is 0.0682. The molecule has 0 aliphatic heterocycles. The first kappa shape index (κ1) is 24.8. The van der Waals surface area contributed by atoms with Crippen LogP contribution < -0.4 is 14.2 Å². The molecule has 0 saturated carbocycles. The predicted octanol–water partition coefficient (Wildman–Crippen LogP) is 6.94. The Balaban J connectivity index is 1.50. The van der Waals surface area contributed by atoms with Gasteiger partial charge in [0, 0.05) is 0 Å². The second-order valence-electron chi connectivity index (χ2n) is 8.41. The van der Waals surface area contributed by atoms with E-state index < -0.39 is 11.9 Å². The van der Waals surface area contributed by atoms with Crippen molar-refractivity contribution >= 4 is 22.7 Å². The Morgan fingerprint density at radius 1 is 0.694 bits per heavy atom. The van der Waals surface area contributed by atoms with E-state index in [9.17, 15) is 14.7 Å². The number of fused-ring (bicyclic) bond motifs is 1. The molecule has 0 heterocycles. The topological polar surface area (TPSA) is 82.1 Å². The minimum atomic E-state index is -0.636. The van der Waals surface area contributed by atoms with Crippen LogP contribution in [0.5, 0.6) is 23.0 Å². The van der Waals surface area contributed by atoms with Crippen LogP contribution in [0.3, 0.4) is 0 Å². The third-order valence-corrected chi connectivity index (χ3v) is 5.68. The molecule has 0 atom stereocenters. The Morgan fingerprint density at radius 3 is 1.75 bits per heavy atom. The average Bonchev–Trinajstić information content (AvgIpc) is 2.89. The van der Waals surface area contributed by atoms with Crippen molar-refractivity contribution in [1.29, 1.82) is 0 Å². The van der Waals surface area contributed by atoms with Crippen LogP contribution in [0.15, 0.2) is 84.9 Å². The van der Waals surface area contributed by atoms with Gasteiger partial charge in [-0.1, -0.05) is 50.5 Å². The van der Waals surface area contributed by atoms with E-state index >= 15 is 0 Å². The van der Waals surface area contributed by atoms with Crippen LogP contribution in [0.25, 0.3) is 10.8 Å². The zero-order valence-corrected chi connectivity index (χ0v) is 20.1. The van der Waals surface area contributed by atoms with Crippen molar-refractivity contribution in [3.05, 3.63) is 96.1 Å². The van der Waals surface area contributed by atoms with Crippen molar-refractivity contribution in [2.75, 3.05) is 6.61 Å². The van der Waals surface area contributed by atoms with Gasteiger partial charge in [0.2, 0.25) is 0 Å². The predicted molar refractivity (Wildman–Crippen MR) is 138 cm³/mol. The minimum absolute atomic E-state index is 0.0415. The monoisotopic (exact) mass is 484 g/mol. The number of hydrogen-bond donors (Lipinski definition) is 1. The summed E-state index contributed by atoms with van der Waals surface area (Å²) < 4.78 is 17.0. The molecule has 4 rings (SSSR count). The van der Waals surface area contributed by atoms with Crippen LogP contribution in [0.1, 0.15) is 53.3 Å². The standard InChI is InChI=1S/C30H28O6/c1-2-3-4-7-18-34-26-16-12-22(13-17-26)30(33)36-28-20-24-9-6-5-8-23(24)19-27(28)35-29(32)21-10-14-25(31)15-11-21/h5-6,8-17,19-20,31H,2-4,7,18H2,1H3. The largest absolute Gasteiger partial charge is 0.508 e. The number of phenolic OH excluding ortho intramolecular Hbond substituents is 1. The summed E-state index contributed by atoms with van der Waals surface area (Å²) in [6.07, 6.45) is 4.48. The number of carbonyl (C=O) groups is 2. The first-order chi connectivity index (χ1) is 17.5. The Labute approximate surface area is 210 Å². The molecular weight excluding hydrogens is 456 g/mol. The van der Waals surface area contributed by atoms with Crippen LogP contribution in [0.2, 0.25) is 0 Å². The maximum Gasteiger partial charge on any atom is 0.343 e. The van der Waals surface area contributed by atoms with Gasteiger partial charge in [-0.05, 0) is 77.9 Å². The highest BCUT2D eigenvalue weighted by atomic mass is 16.6. The highest BCUT2D eigenvalue weighted by molar-refractivity contribution is 5.95. The number of rotatable bonds is 10. The fourth-order valence-corrected chi connectivity index (χ4v) is 3.68. The fourth-order valence-electron chi connectivity index (χ4n) is 3.68. The van der Waals surface area contributed by atoms with E-state index in [1.807, 2.05) is 24.3 Å². The molecule has 0 aliphatic rings. The number of esters is 2. The maximum absolute atomic E-state index is 12.9. The van der Waals surface area contributed by atoms with E-state index in [0.29, 0.717) is 17.9 Å². The molecule has 0 aromatic heterocycles. The normalized spacial score (nSPS) is 10.7. The summed E-state index contributed by atoms with van der Waals surface area (Å²) in [4.78, 5) is 25.6. The van der Waals surface area contributed by atoms with Gasteiger partial charge in [-0.2, -0.15) is 0 Å². The molecule has 0 radical (unpaired) electrons. The average molecular weight is 485 g/mol. The van der Waals surface area contributed by atoms with E-state index in [1.165, 1.54) is 37.1 Å². The summed E-state index contributed by atoms with van der Waals surface area (Å²) in [5.41, 5.74) is 0.598. The molecule has 0 fully saturated rings. The highest BCUT2D eigenvalue weighted by Gasteiger charge is 2.18. The summed E-state index contributed by atoms with van der Waals surface area (Å²) in [6, 6.07) is 23.3. The molecule has 0 aliphatic carbocycles. The first-order valence-corrected chi connectivity index (χ1v) is 12.0. The first-order valence-electron chi connectivity index (χ1n) is 12.0. The lowest BCUT2D eigenvalue weighted by Crippen LogP contribution is -2.12. The molecule has 6 heteroatoms. The number of ether oxygens (including phenoxy) is 3. The maximum atomic E-state index is 12.9. The van der Waals surface area contributed by atoms with Crippen molar-refractivity contribution in [3.8, 4) is 23.0 Å². The van der Waals surface area contributed by atoms with Crippen LogP contribution in [0, 0.1) is 0 Å². The van der Waals surface area contributed by atoms with Crippen LogP contribution in [0.4, 0.5) is 0 Å². The molecule has 4 aromatic carbocycles. The molecular formula is C30H28O6. The van der Waals surface area contributed by atoms with E-state index in [0.717, 1.165) is 23.6 Å². The van der Waals surface area contributed by atoms with Crippen molar-refractivity contribution in [2.45, 2.75) is 32.6 Å². The lowest BCUT2D eigenvalue weighted by atomic mass is 10.1. The second-order valence-corrected chi connectivity index (χ2v) is 8.41. The van der Waals surface area contributed by atoms with Crippen molar-refractivity contribution < 1.29 is 28.9 Å². The summed E-state index contributed by atoms with van der Waals surface area (Å²) in [7, 11) is 0. The third kappa shape index (κ3) is 6.42. The van der Waals surface area contributed by atoms with Gasteiger partial charge in [0.1, 0.15) is 11.5 Å². The van der Waals surface area contributed by atoms with Gasteiger partial charge in [0.05, 0.1) is 17.7 Å². The van der Waals surface area contributed by atoms with E-state index in [4.69, 9.17) is 14.2 Å². The molecule has 0 spiro atoms. The molecule has 0 amide bonds. The Hall–Kier alpha value is -4.32. The summed E-state index contributed by atoms with van der Waals surface area (Å²) in [5, 5.41) is 11.1. The molecule has 0 bridgehead atoms. The number of phenols is 1. The van der Waals surface area contributed by atoms with Crippen molar-refractivity contribution in [2.24, 2.45) is 0 Å². The molecule has 184 valence electrons. The van der Waals surface area contributed by atoms with E-state index in [-0.39, 0.29) is 22.8 Å².